The normalized spacial score (nSPS) is 25.6. The van der Waals surface area contributed by atoms with Gasteiger partial charge in [-0.3, -0.25) is 4.68 Å². The molecule has 1 aromatic heterocycles. The van der Waals surface area contributed by atoms with Crippen LogP contribution in [0.15, 0.2) is 24.3 Å². The van der Waals surface area contributed by atoms with Crippen LogP contribution in [0.3, 0.4) is 0 Å². The molecule has 19 heavy (non-hydrogen) atoms. The molecule has 3 rings (SSSR count). The minimum atomic E-state index is 0.0776. The Labute approximate surface area is 114 Å². The third-order valence-corrected chi connectivity index (χ3v) is 4.59. The Balaban J connectivity index is 1.95. The average molecular weight is 257 g/mol. The summed E-state index contributed by atoms with van der Waals surface area (Å²) >= 11 is 0. The second-order valence-electron chi connectivity index (χ2n) is 6.08. The van der Waals surface area contributed by atoms with E-state index in [9.17, 15) is 0 Å². The first-order valence-electron chi connectivity index (χ1n) is 7.34. The van der Waals surface area contributed by atoms with Gasteiger partial charge in [-0.05, 0) is 30.7 Å². The zero-order valence-electron chi connectivity index (χ0n) is 11.8. The Kier molecular flexibility index (Phi) is 3.31. The van der Waals surface area contributed by atoms with Crippen molar-refractivity contribution in [1.82, 2.24) is 9.78 Å². The Morgan fingerprint density at radius 1 is 1.32 bits per heavy atom. The quantitative estimate of drug-likeness (QED) is 0.896. The summed E-state index contributed by atoms with van der Waals surface area (Å²) in [7, 11) is 2.00. The highest BCUT2D eigenvalue weighted by Crippen LogP contribution is 2.37. The number of nitrogens with zero attached hydrogens (tertiary/aromatic N) is 2. The summed E-state index contributed by atoms with van der Waals surface area (Å²) in [5, 5.41) is 5.90. The van der Waals surface area contributed by atoms with E-state index in [1.807, 2.05) is 11.7 Å². The van der Waals surface area contributed by atoms with Gasteiger partial charge in [0, 0.05) is 12.4 Å². The summed E-state index contributed by atoms with van der Waals surface area (Å²) in [5.41, 5.74) is 8.79. The maximum absolute atomic E-state index is 6.54. The van der Waals surface area contributed by atoms with Crippen LogP contribution in [0.1, 0.15) is 44.3 Å². The van der Waals surface area contributed by atoms with E-state index in [0.717, 1.165) is 11.6 Å². The van der Waals surface area contributed by atoms with Crippen molar-refractivity contribution in [2.75, 3.05) is 0 Å². The summed E-state index contributed by atoms with van der Waals surface area (Å²) in [5.74, 6) is 1.39. The standard InChI is InChI=1S/C16H23N3/c1-11-6-5-7-12(10-11)15(17)16-13-8-3-4-9-14(13)19(2)18-16/h3-4,8-9,11-12,15H,5-7,10,17H2,1-2H3. The smallest absolute Gasteiger partial charge is 0.0873 e. The monoisotopic (exact) mass is 257 g/mol. The fraction of sp³-hybridized carbons (Fsp3) is 0.562. The van der Waals surface area contributed by atoms with Gasteiger partial charge in [0.25, 0.3) is 0 Å². The summed E-state index contributed by atoms with van der Waals surface area (Å²) < 4.78 is 1.96. The van der Waals surface area contributed by atoms with Gasteiger partial charge in [-0.25, -0.2) is 0 Å². The van der Waals surface area contributed by atoms with Crippen LogP contribution in [0, 0.1) is 11.8 Å². The molecular weight excluding hydrogens is 234 g/mol. The molecule has 1 heterocycles. The van der Waals surface area contributed by atoms with Crippen LogP contribution >= 0.6 is 0 Å². The van der Waals surface area contributed by atoms with E-state index in [2.05, 4.69) is 36.3 Å². The molecule has 0 saturated heterocycles. The molecule has 102 valence electrons. The molecular formula is C16H23N3. The first-order chi connectivity index (χ1) is 9.16. The molecule has 1 aliphatic rings. The molecule has 3 atom stereocenters. The molecule has 1 aliphatic carbocycles. The summed E-state index contributed by atoms with van der Waals surface area (Å²) in [6, 6.07) is 8.46. The summed E-state index contributed by atoms with van der Waals surface area (Å²) in [6.45, 7) is 2.34. The Morgan fingerprint density at radius 2 is 2.11 bits per heavy atom. The zero-order chi connectivity index (χ0) is 13.4. The van der Waals surface area contributed by atoms with Gasteiger partial charge in [-0.1, -0.05) is 38.0 Å². The summed E-state index contributed by atoms with van der Waals surface area (Å²) in [6.07, 6.45) is 5.15. The molecule has 0 radical (unpaired) electrons. The highest BCUT2D eigenvalue weighted by atomic mass is 15.3. The Bertz CT molecular complexity index is 572. The van der Waals surface area contributed by atoms with Crippen molar-refractivity contribution in [3.05, 3.63) is 30.0 Å². The van der Waals surface area contributed by atoms with Crippen molar-refractivity contribution in [2.45, 2.75) is 38.6 Å². The molecule has 0 bridgehead atoms. The van der Waals surface area contributed by atoms with E-state index in [4.69, 9.17) is 5.73 Å². The topological polar surface area (TPSA) is 43.8 Å². The fourth-order valence-electron chi connectivity index (χ4n) is 3.52. The molecule has 2 N–H and O–H groups in total. The molecule has 1 aromatic carbocycles. The van der Waals surface area contributed by atoms with Crippen LogP contribution in [0.5, 0.6) is 0 Å². The molecule has 2 aromatic rings. The van der Waals surface area contributed by atoms with E-state index in [1.54, 1.807) is 0 Å². The zero-order valence-corrected chi connectivity index (χ0v) is 11.8. The van der Waals surface area contributed by atoms with Crippen molar-refractivity contribution < 1.29 is 0 Å². The summed E-state index contributed by atoms with van der Waals surface area (Å²) in [4.78, 5) is 0. The second kappa shape index (κ2) is 4.97. The fourth-order valence-corrected chi connectivity index (χ4v) is 3.52. The average Bonchev–Trinajstić information content (AvgIpc) is 2.76. The number of hydrogen-bond donors (Lipinski definition) is 1. The molecule has 1 fully saturated rings. The minimum absolute atomic E-state index is 0.0776. The van der Waals surface area contributed by atoms with Gasteiger partial charge in [-0.2, -0.15) is 5.10 Å². The van der Waals surface area contributed by atoms with Crippen LogP contribution in [0.2, 0.25) is 0 Å². The molecule has 3 heteroatoms. The van der Waals surface area contributed by atoms with Crippen LogP contribution in [-0.2, 0) is 7.05 Å². The van der Waals surface area contributed by atoms with Crippen molar-refractivity contribution in [1.29, 1.82) is 0 Å². The number of aryl methyl sites for hydroxylation is 1. The minimum Gasteiger partial charge on any atom is -0.322 e. The number of rotatable bonds is 2. The highest BCUT2D eigenvalue weighted by molar-refractivity contribution is 5.82. The van der Waals surface area contributed by atoms with E-state index in [-0.39, 0.29) is 6.04 Å². The predicted molar refractivity (Wildman–Crippen MR) is 78.8 cm³/mol. The van der Waals surface area contributed by atoms with Crippen molar-refractivity contribution in [2.24, 2.45) is 24.6 Å². The van der Waals surface area contributed by atoms with Gasteiger partial charge in [-0.15, -0.1) is 0 Å². The lowest BCUT2D eigenvalue weighted by Gasteiger charge is -2.30. The van der Waals surface area contributed by atoms with Gasteiger partial charge in [0.1, 0.15) is 0 Å². The molecule has 1 saturated carbocycles. The van der Waals surface area contributed by atoms with Gasteiger partial charge in [0.15, 0.2) is 0 Å². The maximum atomic E-state index is 6.54. The van der Waals surface area contributed by atoms with E-state index in [1.165, 1.54) is 36.6 Å². The van der Waals surface area contributed by atoms with Gasteiger partial charge < -0.3 is 5.73 Å². The molecule has 3 unspecified atom stereocenters. The number of nitrogens with two attached hydrogens (primary N) is 1. The molecule has 0 aliphatic heterocycles. The predicted octanol–water partition coefficient (Wildman–Crippen LogP) is 3.40. The number of aromatic nitrogens is 2. The molecule has 0 spiro atoms. The van der Waals surface area contributed by atoms with E-state index >= 15 is 0 Å². The largest absolute Gasteiger partial charge is 0.322 e. The Morgan fingerprint density at radius 3 is 2.89 bits per heavy atom. The second-order valence-corrected chi connectivity index (χ2v) is 6.08. The van der Waals surface area contributed by atoms with E-state index < -0.39 is 0 Å². The lowest BCUT2D eigenvalue weighted by molar-refractivity contribution is 0.246. The molecule has 3 nitrogen and oxygen atoms in total. The van der Waals surface area contributed by atoms with Gasteiger partial charge >= 0.3 is 0 Å². The number of hydrogen-bond acceptors (Lipinski definition) is 2. The van der Waals surface area contributed by atoms with Gasteiger partial charge in [0.05, 0.1) is 17.3 Å². The van der Waals surface area contributed by atoms with Crippen LogP contribution in [-0.4, -0.2) is 9.78 Å². The number of benzene rings is 1. The lowest BCUT2D eigenvalue weighted by atomic mass is 9.78. The van der Waals surface area contributed by atoms with Gasteiger partial charge in [0.2, 0.25) is 0 Å². The van der Waals surface area contributed by atoms with Crippen LogP contribution in [0.25, 0.3) is 10.9 Å². The first-order valence-corrected chi connectivity index (χ1v) is 7.34. The highest BCUT2D eigenvalue weighted by Gasteiger charge is 2.28. The van der Waals surface area contributed by atoms with Crippen LogP contribution in [0.4, 0.5) is 0 Å². The van der Waals surface area contributed by atoms with Crippen LogP contribution < -0.4 is 5.73 Å². The third-order valence-electron chi connectivity index (χ3n) is 4.59. The maximum Gasteiger partial charge on any atom is 0.0873 e. The SMILES string of the molecule is CC1CCCC(C(N)c2nn(C)c3ccccc23)C1. The number of para-hydroxylation sites is 1. The third kappa shape index (κ3) is 2.27. The Hall–Kier alpha value is -1.35. The lowest BCUT2D eigenvalue weighted by Crippen LogP contribution is -2.26. The number of fused-ring (bicyclic) bond motifs is 1. The van der Waals surface area contributed by atoms with Crippen molar-refractivity contribution >= 4 is 10.9 Å². The van der Waals surface area contributed by atoms with Crippen molar-refractivity contribution in [3.8, 4) is 0 Å². The molecule has 0 amide bonds. The van der Waals surface area contributed by atoms with E-state index in [0.29, 0.717) is 5.92 Å². The van der Waals surface area contributed by atoms with Crippen molar-refractivity contribution in [3.63, 3.8) is 0 Å². The first kappa shape index (κ1) is 12.7.